The first-order valence-corrected chi connectivity index (χ1v) is 6.24. The Balaban J connectivity index is 1.74. The summed E-state index contributed by atoms with van der Waals surface area (Å²) in [5, 5.41) is 5.86. The van der Waals surface area contributed by atoms with Gasteiger partial charge in [0.15, 0.2) is 0 Å². The van der Waals surface area contributed by atoms with Gasteiger partial charge in [-0.3, -0.25) is 4.79 Å². The van der Waals surface area contributed by atoms with Gasteiger partial charge in [-0.05, 0) is 12.1 Å². The standard InChI is InChI=1S/C13H18N4O2/c1-19-9-8-14-12(18)6-7-15-13-16-10-4-2-3-5-11(10)17-13/h2-5H,6-9H2,1H3,(H,14,18)(H2,15,16,17). The molecule has 3 N–H and O–H groups in total. The number of imidazole rings is 1. The fraction of sp³-hybridized carbons (Fsp3) is 0.385. The second-order valence-electron chi connectivity index (χ2n) is 4.12. The van der Waals surface area contributed by atoms with Gasteiger partial charge in [0.1, 0.15) is 0 Å². The van der Waals surface area contributed by atoms with Crippen LogP contribution in [0.5, 0.6) is 0 Å². The van der Waals surface area contributed by atoms with Crippen LogP contribution in [0.1, 0.15) is 6.42 Å². The Bertz CT molecular complexity index is 505. The summed E-state index contributed by atoms with van der Waals surface area (Å²) in [4.78, 5) is 19.0. The third kappa shape index (κ3) is 3.96. The van der Waals surface area contributed by atoms with Crippen LogP contribution in [0.15, 0.2) is 24.3 Å². The summed E-state index contributed by atoms with van der Waals surface area (Å²) in [5.41, 5.74) is 1.89. The third-order valence-corrected chi connectivity index (χ3v) is 2.66. The Morgan fingerprint density at radius 3 is 3.00 bits per heavy atom. The highest BCUT2D eigenvalue weighted by molar-refractivity contribution is 5.78. The van der Waals surface area contributed by atoms with Gasteiger partial charge in [0, 0.05) is 26.6 Å². The van der Waals surface area contributed by atoms with Crippen LogP contribution in [0.3, 0.4) is 0 Å². The van der Waals surface area contributed by atoms with Gasteiger partial charge in [-0.2, -0.15) is 0 Å². The van der Waals surface area contributed by atoms with Gasteiger partial charge in [-0.25, -0.2) is 4.98 Å². The molecule has 1 heterocycles. The van der Waals surface area contributed by atoms with Crippen LogP contribution in [-0.2, 0) is 9.53 Å². The molecule has 0 aliphatic rings. The molecule has 2 rings (SSSR count). The van der Waals surface area contributed by atoms with Gasteiger partial charge in [0.2, 0.25) is 11.9 Å². The number of amides is 1. The molecule has 0 spiro atoms. The lowest BCUT2D eigenvalue weighted by atomic mass is 10.3. The number of rotatable bonds is 7. The van der Waals surface area contributed by atoms with Crippen molar-refractivity contribution in [2.24, 2.45) is 0 Å². The number of aromatic amines is 1. The van der Waals surface area contributed by atoms with Gasteiger partial charge in [-0.15, -0.1) is 0 Å². The smallest absolute Gasteiger partial charge is 0.221 e. The van der Waals surface area contributed by atoms with Crippen molar-refractivity contribution in [3.63, 3.8) is 0 Å². The number of anilines is 1. The molecule has 0 atom stereocenters. The molecule has 102 valence electrons. The molecule has 2 aromatic rings. The molecule has 1 aromatic heterocycles. The summed E-state index contributed by atoms with van der Waals surface area (Å²) in [5.74, 6) is 0.687. The molecule has 0 bridgehead atoms. The minimum Gasteiger partial charge on any atom is -0.383 e. The molecule has 0 aliphatic carbocycles. The van der Waals surface area contributed by atoms with E-state index in [1.54, 1.807) is 7.11 Å². The number of H-pyrrole nitrogens is 1. The zero-order valence-corrected chi connectivity index (χ0v) is 10.9. The van der Waals surface area contributed by atoms with Crippen molar-refractivity contribution in [2.75, 3.05) is 32.1 Å². The van der Waals surface area contributed by atoms with Crippen molar-refractivity contribution in [1.29, 1.82) is 0 Å². The van der Waals surface area contributed by atoms with Crippen LogP contribution < -0.4 is 10.6 Å². The first kappa shape index (κ1) is 13.4. The van der Waals surface area contributed by atoms with E-state index in [0.717, 1.165) is 11.0 Å². The lowest BCUT2D eigenvalue weighted by Gasteiger charge is -2.04. The Kier molecular flexibility index (Phi) is 4.74. The highest BCUT2D eigenvalue weighted by Gasteiger charge is 2.03. The molecule has 0 saturated carbocycles. The number of aromatic nitrogens is 2. The summed E-state index contributed by atoms with van der Waals surface area (Å²) in [7, 11) is 1.61. The number of methoxy groups -OCH3 is 1. The monoisotopic (exact) mass is 262 g/mol. The fourth-order valence-electron chi connectivity index (χ4n) is 1.71. The minimum atomic E-state index is 0.000612. The molecule has 0 aliphatic heterocycles. The quantitative estimate of drug-likeness (QED) is 0.653. The van der Waals surface area contributed by atoms with E-state index in [4.69, 9.17) is 4.74 Å². The molecule has 6 heteroatoms. The topological polar surface area (TPSA) is 79.0 Å². The summed E-state index contributed by atoms with van der Waals surface area (Å²) in [6, 6.07) is 7.79. The van der Waals surface area contributed by atoms with E-state index in [1.807, 2.05) is 24.3 Å². The lowest BCUT2D eigenvalue weighted by molar-refractivity contribution is -0.121. The molecule has 6 nitrogen and oxygen atoms in total. The number of para-hydroxylation sites is 2. The molecule has 0 saturated heterocycles. The number of hydrogen-bond donors (Lipinski definition) is 3. The maximum Gasteiger partial charge on any atom is 0.221 e. The Labute approximate surface area is 111 Å². The summed E-state index contributed by atoms with van der Waals surface area (Å²) >= 11 is 0. The molecule has 0 fully saturated rings. The van der Waals surface area contributed by atoms with E-state index in [1.165, 1.54) is 0 Å². The average Bonchev–Trinajstić information content (AvgIpc) is 2.81. The zero-order valence-electron chi connectivity index (χ0n) is 10.9. The number of nitrogens with one attached hydrogen (secondary N) is 3. The molecular weight excluding hydrogens is 244 g/mol. The van der Waals surface area contributed by atoms with Crippen molar-refractivity contribution in [3.8, 4) is 0 Å². The first-order valence-electron chi connectivity index (χ1n) is 6.24. The first-order chi connectivity index (χ1) is 9.29. The van der Waals surface area contributed by atoms with E-state index < -0.39 is 0 Å². The largest absolute Gasteiger partial charge is 0.383 e. The van der Waals surface area contributed by atoms with E-state index in [-0.39, 0.29) is 5.91 Å². The highest BCUT2D eigenvalue weighted by Crippen LogP contribution is 2.12. The lowest BCUT2D eigenvalue weighted by Crippen LogP contribution is -2.28. The van der Waals surface area contributed by atoms with E-state index in [0.29, 0.717) is 32.1 Å². The molecule has 1 amide bonds. The van der Waals surface area contributed by atoms with Gasteiger partial charge in [0.25, 0.3) is 0 Å². The van der Waals surface area contributed by atoms with Crippen LogP contribution in [0.2, 0.25) is 0 Å². The predicted octanol–water partition coefficient (Wildman–Crippen LogP) is 1.13. The number of carbonyl (C=O) groups excluding carboxylic acids is 1. The van der Waals surface area contributed by atoms with E-state index in [9.17, 15) is 4.79 Å². The number of ether oxygens (including phenoxy) is 1. The van der Waals surface area contributed by atoms with Crippen LogP contribution in [-0.4, -0.2) is 42.7 Å². The van der Waals surface area contributed by atoms with Crippen LogP contribution in [0.4, 0.5) is 5.95 Å². The Morgan fingerprint density at radius 1 is 1.37 bits per heavy atom. The average molecular weight is 262 g/mol. The second kappa shape index (κ2) is 6.75. The number of fused-ring (bicyclic) bond motifs is 1. The number of nitrogens with zero attached hydrogens (tertiary/aromatic N) is 1. The summed E-state index contributed by atoms with van der Waals surface area (Å²) < 4.78 is 4.85. The van der Waals surface area contributed by atoms with Crippen molar-refractivity contribution < 1.29 is 9.53 Å². The van der Waals surface area contributed by atoms with Crippen molar-refractivity contribution >= 4 is 22.9 Å². The van der Waals surface area contributed by atoms with Gasteiger partial charge < -0.3 is 20.4 Å². The van der Waals surface area contributed by atoms with Gasteiger partial charge in [-0.1, -0.05) is 12.1 Å². The van der Waals surface area contributed by atoms with Crippen LogP contribution in [0, 0.1) is 0 Å². The molecular formula is C13H18N4O2. The number of hydrogen-bond acceptors (Lipinski definition) is 4. The summed E-state index contributed by atoms with van der Waals surface area (Å²) in [6.45, 7) is 1.61. The fourth-order valence-corrected chi connectivity index (χ4v) is 1.71. The molecule has 1 aromatic carbocycles. The molecule has 0 unspecified atom stereocenters. The number of benzene rings is 1. The van der Waals surface area contributed by atoms with Crippen molar-refractivity contribution in [2.45, 2.75) is 6.42 Å². The second-order valence-corrected chi connectivity index (χ2v) is 4.12. The van der Waals surface area contributed by atoms with Crippen molar-refractivity contribution in [3.05, 3.63) is 24.3 Å². The molecule has 0 radical (unpaired) electrons. The molecule has 19 heavy (non-hydrogen) atoms. The highest BCUT2D eigenvalue weighted by atomic mass is 16.5. The minimum absolute atomic E-state index is 0.000612. The maximum atomic E-state index is 11.4. The summed E-state index contributed by atoms with van der Waals surface area (Å²) in [6.07, 6.45) is 0.404. The van der Waals surface area contributed by atoms with Crippen LogP contribution >= 0.6 is 0 Å². The van der Waals surface area contributed by atoms with Crippen molar-refractivity contribution in [1.82, 2.24) is 15.3 Å². The Morgan fingerprint density at radius 2 is 2.21 bits per heavy atom. The van der Waals surface area contributed by atoms with Crippen LogP contribution in [0.25, 0.3) is 11.0 Å². The maximum absolute atomic E-state index is 11.4. The van der Waals surface area contributed by atoms with Gasteiger partial charge >= 0.3 is 0 Å². The normalized spacial score (nSPS) is 10.6. The van der Waals surface area contributed by atoms with E-state index in [2.05, 4.69) is 20.6 Å². The number of carbonyl (C=O) groups is 1. The van der Waals surface area contributed by atoms with Gasteiger partial charge in [0.05, 0.1) is 17.6 Å². The SMILES string of the molecule is COCCNC(=O)CCNc1nc2ccccc2[nH]1. The predicted molar refractivity (Wildman–Crippen MR) is 74.1 cm³/mol. The van der Waals surface area contributed by atoms with E-state index >= 15 is 0 Å². The Hall–Kier alpha value is -2.08. The third-order valence-electron chi connectivity index (χ3n) is 2.66. The zero-order chi connectivity index (χ0) is 13.5.